The van der Waals surface area contributed by atoms with Crippen molar-refractivity contribution in [3.8, 4) is 0 Å². The zero-order valence-corrected chi connectivity index (χ0v) is 9.18. The van der Waals surface area contributed by atoms with Gasteiger partial charge in [0.05, 0.1) is 5.92 Å². The van der Waals surface area contributed by atoms with Crippen molar-refractivity contribution in [2.24, 2.45) is 11.8 Å². The van der Waals surface area contributed by atoms with Gasteiger partial charge in [-0.05, 0) is 18.1 Å². The van der Waals surface area contributed by atoms with Gasteiger partial charge in [-0.15, -0.1) is 0 Å². The third-order valence-electron chi connectivity index (χ3n) is 2.80. The van der Waals surface area contributed by atoms with E-state index in [1.807, 2.05) is 32.0 Å². The maximum atomic E-state index is 11.1. The Balaban J connectivity index is 2.71. The maximum absolute atomic E-state index is 11.1. The highest BCUT2D eigenvalue weighted by Crippen LogP contribution is 2.19. The number of pyridine rings is 1. The minimum Gasteiger partial charge on any atom is -0.481 e. The quantitative estimate of drug-likeness (QED) is 0.806. The van der Waals surface area contributed by atoms with E-state index in [2.05, 4.69) is 4.98 Å². The molecule has 0 radical (unpaired) electrons. The van der Waals surface area contributed by atoms with Gasteiger partial charge in [-0.2, -0.15) is 0 Å². The number of rotatable bonds is 5. The monoisotopic (exact) mass is 207 g/mol. The van der Waals surface area contributed by atoms with Crippen LogP contribution >= 0.6 is 0 Å². The van der Waals surface area contributed by atoms with Gasteiger partial charge in [0.2, 0.25) is 0 Å². The molecule has 0 aliphatic rings. The first-order valence-corrected chi connectivity index (χ1v) is 5.27. The molecule has 0 bridgehead atoms. The maximum Gasteiger partial charge on any atom is 0.307 e. The van der Waals surface area contributed by atoms with Crippen molar-refractivity contribution in [2.45, 2.75) is 26.7 Å². The van der Waals surface area contributed by atoms with Crippen LogP contribution in [0.1, 0.15) is 26.0 Å². The lowest BCUT2D eigenvalue weighted by Crippen LogP contribution is -2.23. The number of carboxylic acids is 1. The van der Waals surface area contributed by atoms with Gasteiger partial charge >= 0.3 is 5.97 Å². The third kappa shape index (κ3) is 3.35. The Morgan fingerprint density at radius 1 is 1.53 bits per heavy atom. The molecule has 82 valence electrons. The van der Waals surface area contributed by atoms with E-state index in [1.54, 1.807) is 6.20 Å². The summed E-state index contributed by atoms with van der Waals surface area (Å²) in [7, 11) is 0. The zero-order valence-electron chi connectivity index (χ0n) is 9.18. The van der Waals surface area contributed by atoms with Gasteiger partial charge in [0.15, 0.2) is 0 Å². The van der Waals surface area contributed by atoms with E-state index in [0.717, 1.165) is 12.1 Å². The minimum absolute atomic E-state index is 0.185. The highest BCUT2D eigenvalue weighted by molar-refractivity contribution is 5.70. The summed E-state index contributed by atoms with van der Waals surface area (Å²) in [5.74, 6) is -0.871. The molecule has 3 nitrogen and oxygen atoms in total. The second-order valence-corrected chi connectivity index (χ2v) is 3.86. The minimum atomic E-state index is -0.727. The van der Waals surface area contributed by atoms with E-state index < -0.39 is 5.97 Å². The number of nitrogens with zero attached hydrogens (tertiary/aromatic N) is 1. The third-order valence-corrected chi connectivity index (χ3v) is 2.80. The average Bonchev–Trinajstić information content (AvgIpc) is 2.26. The fourth-order valence-corrected chi connectivity index (χ4v) is 1.56. The van der Waals surface area contributed by atoms with Crippen LogP contribution in [0.4, 0.5) is 0 Å². The lowest BCUT2D eigenvalue weighted by molar-refractivity contribution is -0.143. The van der Waals surface area contributed by atoms with Crippen LogP contribution in [-0.2, 0) is 11.2 Å². The van der Waals surface area contributed by atoms with E-state index >= 15 is 0 Å². The molecule has 1 rings (SSSR count). The first kappa shape index (κ1) is 11.7. The van der Waals surface area contributed by atoms with Crippen molar-refractivity contribution in [1.29, 1.82) is 0 Å². The Morgan fingerprint density at radius 3 is 2.73 bits per heavy atom. The number of hydrogen-bond acceptors (Lipinski definition) is 2. The van der Waals surface area contributed by atoms with Gasteiger partial charge in [-0.3, -0.25) is 9.78 Å². The molecule has 0 saturated carbocycles. The second-order valence-electron chi connectivity index (χ2n) is 3.86. The molecule has 0 saturated heterocycles. The summed E-state index contributed by atoms with van der Waals surface area (Å²) in [5.41, 5.74) is 0.852. The van der Waals surface area contributed by atoms with Crippen molar-refractivity contribution in [3.05, 3.63) is 30.1 Å². The smallest absolute Gasteiger partial charge is 0.307 e. The van der Waals surface area contributed by atoms with Crippen LogP contribution < -0.4 is 0 Å². The predicted molar refractivity (Wildman–Crippen MR) is 58.5 cm³/mol. The van der Waals surface area contributed by atoms with E-state index in [-0.39, 0.29) is 11.8 Å². The number of carbonyl (C=O) groups is 1. The molecule has 1 N–H and O–H groups in total. The average molecular weight is 207 g/mol. The van der Waals surface area contributed by atoms with Gasteiger partial charge in [0.25, 0.3) is 0 Å². The summed E-state index contributed by atoms with van der Waals surface area (Å²) < 4.78 is 0. The molecule has 1 aromatic rings. The molecule has 1 heterocycles. The Bertz CT molecular complexity index is 311. The predicted octanol–water partition coefficient (Wildman–Crippen LogP) is 2.37. The molecule has 0 amide bonds. The molecule has 0 aromatic carbocycles. The van der Waals surface area contributed by atoms with Crippen molar-refractivity contribution >= 4 is 5.97 Å². The lowest BCUT2D eigenvalue weighted by Gasteiger charge is -2.17. The standard InChI is InChI=1S/C12H17NO2/c1-3-9(2)11(12(14)15)8-10-6-4-5-7-13-10/h4-7,9,11H,3,8H2,1-2H3,(H,14,15). The fraction of sp³-hybridized carbons (Fsp3) is 0.500. The molecule has 0 aliphatic heterocycles. The zero-order chi connectivity index (χ0) is 11.3. The summed E-state index contributed by atoms with van der Waals surface area (Å²) in [4.78, 5) is 15.2. The summed E-state index contributed by atoms with van der Waals surface area (Å²) in [6.45, 7) is 3.99. The number of aliphatic carboxylic acids is 1. The Labute approximate surface area is 90.2 Å². The SMILES string of the molecule is CCC(C)C(Cc1ccccn1)C(=O)O. The van der Waals surface area contributed by atoms with Crippen LogP contribution in [0.3, 0.4) is 0 Å². The second kappa shape index (κ2) is 5.49. The fourth-order valence-electron chi connectivity index (χ4n) is 1.56. The van der Waals surface area contributed by atoms with Crippen LogP contribution in [0, 0.1) is 11.8 Å². The van der Waals surface area contributed by atoms with Crippen molar-refractivity contribution in [2.75, 3.05) is 0 Å². The van der Waals surface area contributed by atoms with Gasteiger partial charge in [0.1, 0.15) is 0 Å². The van der Waals surface area contributed by atoms with Crippen LogP contribution in [0.15, 0.2) is 24.4 Å². The summed E-state index contributed by atoms with van der Waals surface area (Å²) in [6.07, 6.45) is 3.10. The van der Waals surface area contributed by atoms with Crippen molar-refractivity contribution in [1.82, 2.24) is 4.98 Å². The van der Waals surface area contributed by atoms with Crippen LogP contribution in [0.25, 0.3) is 0 Å². The van der Waals surface area contributed by atoms with Gasteiger partial charge in [-0.25, -0.2) is 0 Å². The summed E-state index contributed by atoms with van der Waals surface area (Å²) in [6, 6.07) is 5.60. The molecule has 1 aromatic heterocycles. The number of carboxylic acid groups (broad SMARTS) is 1. The summed E-state index contributed by atoms with van der Waals surface area (Å²) in [5, 5.41) is 9.11. The van der Waals surface area contributed by atoms with Crippen LogP contribution in [-0.4, -0.2) is 16.1 Å². The Morgan fingerprint density at radius 2 is 2.27 bits per heavy atom. The van der Waals surface area contributed by atoms with E-state index in [9.17, 15) is 4.79 Å². The summed E-state index contributed by atoms with van der Waals surface area (Å²) >= 11 is 0. The first-order chi connectivity index (χ1) is 7.15. The normalized spacial score (nSPS) is 14.5. The highest BCUT2D eigenvalue weighted by atomic mass is 16.4. The Kier molecular flexibility index (Phi) is 4.28. The molecule has 0 spiro atoms. The first-order valence-electron chi connectivity index (χ1n) is 5.27. The van der Waals surface area contributed by atoms with Gasteiger partial charge in [-0.1, -0.05) is 26.3 Å². The number of hydrogen-bond donors (Lipinski definition) is 1. The molecule has 3 heteroatoms. The van der Waals surface area contributed by atoms with Crippen LogP contribution in [0.2, 0.25) is 0 Å². The van der Waals surface area contributed by atoms with E-state index in [4.69, 9.17) is 5.11 Å². The molecular formula is C12H17NO2. The molecule has 2 unspecified atom stereocenters. The van der Waals surface area contributed by atoms with Crippen molar-refractivity contribution < 1.29 is 9.90 Å². The van der Waals surface area contributed by atoms with E-state index in [0.29, 0.717) is 6.42 Å². The molecule has 0 aliphatic carbocycles. The van der Waals surface area contributed by atoms with Crippen LogP contribution in [0.5, 0.6) is 0 Å². The van der Waals surface area contributed by atoms with E-state index in [1.165, 1.54) is 0 Å². The van der Waals surface area contributed by atoms with Gasteiger partial charge in [0, 0.05) is 18.3 Å². The molecule has 0 fully saturated rings. The molecule has 15 heavy (non-hydrogen) atoms. The van der Waals surface area contributed by atoms with Crippen molar-refractivity contribution in [3.63, 3.8) is 0 Å². The lowest BCUT2D eigenvalue weighted by atomic mass is 9.88. The Hall–Kier alpha value is -1.38. The number of aromatic nitrogens is 1. The molecular weight excluding hydrogens is 190 g/mol. The largest absolute Gasteiger partial charge is 0.481 e. The van der Waals surface area contributed by atoms with Gasteiger partial charge < -0.3 is 5.11 Å². The topological polar surface area (TPSA) is 50.2 Å². The molecule has 2 atom stereocenters. The highest BCUT2D eigenvalue weighted by Gasteiger charge is 2.23.